The van der Waals surface area contributed by atoms with E-state index in [4.69, 9.17) is 9.47 Å². The molecule has 3 fully saturated rings. The Hall–Kier alpha value is -2.30. The topological polar surface area (TPSA) is 96.4 Å². The highest BCUT2D eigenvalue weighted by Crippen LogP contribution is 2.68. The SMILES string of the molecule is C=CCCOC(=O)[C@H]1[C@H]2C(=O)N(CCCCO)C(C(=O)N(CC=C)c3ccc(OC)cc3)C23CC(Br)[C@@H]1S3. The minimum Gasteiger partial charge on any atom is -0.497 e. The van der Waals surface area contributed by atoms with Gasteiger partial charge in [0.1, 0.15) is 11.8 Å². The molecule has 0 aliphatic carbocycles. The molecule has 2 bridgehead atoms. The van der Waals surface area contributed by atoms with Crippen LogP contribution in [0.3, 0.4) is 0 Å². The van der Waals surface area contributed by atoms with Crippen LogP contribution in [0.15, 0.2) is 49.6 Å². The number of thioether (sulfide) groups is 1. The summed E-state index contributed by atoms with van der Waals surface area (Å²) in [6.07, 6.45) is 5.54. The van der Waals surface area contributed by atoms with E-state index in [9.17, 15) is 19.5 Å². The van der Waals surface area contributed by atoms with Crippen molar-refractivity contribution in [2.45, 2.75) is 46.5 Å². The number of fused-ring (bicyclic) bond motifs is 1. The monoisotopic (exact) mass is 606 g/mol. The number of aliphatic hydroxyl groups excluding tert-OH is 1. The molecular weight excluding hydrogens is 572 g/mol. The molecule has 0 radical (unpaired) electrons. The summed E-state index contributed by atoms with van der Waals surface area (Å²) >= 11 is 5.34. The van der Waals surface area contributed by atoms with Crippen molar-refractivity contribution in [3.63, 3.8) is 0 Å². The van der Waals surface area contributed by atoms with Crippen molar-refractivity contribution in [3.8, 4) is 5.75 Å². The van der Waals surface area contributed by atoms with Gasteiger partial charge in [0, 0.05) is 35.5 Å². The summed E-state index contributed by atoms with van der Waals surface area (Å²) in [6, 6.07) is 6.45. The molecule has 0 aromatic heterocycles. The van der Waals surface area contributed by atoms with Crippen molar-refractivity contribution in [2.75, 3.05) is 38.3 Å². The zero-order valence-electron chi connectivity index (χ0n) is 21.6. The van der Waals surface area contributed by atoms with Crippen molar-refractivity contribution < 1.29 is 29.0 Å². The summed E-state index contributed by atoms with van der Waals surface area (Å²) in [5, 5.41) is 9.21. The third kappa shape index (κ3) is 5.02. The number of likely N-dealkylation sites (tertiary alicyclic amines) is 1. The highest BCUT2D eigenvalue weighted by atomic mass is 79.9. The van der Waals surface area contributed by atoms with Gasteiger partial charge in [0.2, 0.25) is 5.91 Å². The number of rotatable bonds is 13. The van der Waals surface area contributed by atoms with Crippen molar-refractivity contribution in [1.82, 2.24) is 4.90 Å². The molecule has 206 valence electrons. The summed E-state index contributed by atoms with van der Waals surface area (Å²) in [5.41, 5.74) is 0.673. The molecule has 2 amide bonds. The molecule has 3 aliphatic rings. The van der Waals surface area contributed by atoms with Gasteiger partial charge in [-0.1, -0.05) is 28.1 Å². The number of carbonyl (C=O) groups is 3. The molecule has 0 saturated carbocycles. The van der Waals surface area contributed by atoms with Gasteiger partial charge in [-0.15, -0.1) is 24.9 Å². The predicted molar refractivity (Wildman–Crippen MR) is 152 cm³/mol. The van der Waals surface area contributed by atoms with E-state index in [-0.39, 0.29) is 41.6 Å². The van der Waals surface area contributed by atoms with Crippen LogP contribution in [-0.2, 0) is 19.1 Å². The van der Waals surface area contributed by atoms with E-state index < -0.39 is 28.6 Å². The number of nitrogens with zero attached hydrogens (tertiary/aromatic N) is 2. The lowest BCUT2D eigenvalue weighted by Gasteiger charge is -2.37. The van der Waals surface area contributed by atoms with Gasteiger partial charge in [-0.05, 0) is 49.9 Å². The first kappa shape index (κ1) is 28.7. The lowest BCUT2D eigenvalue weighted by molar-refractivity contribution is -0.154. The van der Waals surface area contributed by atoms with Gasteiger partial charge in [0.25, 0.3) is 5.91 Å². The predicted octanol–water partition coefficient (Wildman–Crippen LogP) is 3.57. The van der Waals surface area contributed by atoms with Gasteiger partial charge in [0.15, 0.2) is 0 Å². The number of halogens is 1. The average Bonchev–Trinajstić information content (AvgIpc) is 3.50. The molecule has 3 heterocycles. The largest absolute Gasteiger partial charge is 0.497 e. The maximum atomic E-state index is 14.4. The average molecular weight is 608 g/mol. The highest BCUT2D eigenvalue weighted by Gasteiger charge is 2.76. The standard InChI is InChI=1S/C28H35BrN2O6S/c1-4-6-16-37-27(35)21-22-25(33)31(14-7-8-15-32)24(28(22)17-20(29)23(21)38-28)26(34)30(13-5-2)18-9-11-19(36-3)12-10-18/h4-5,9-12,20-24,32H,1-2,6-8,13-17H2,3H3/t20?,21-,22-,23-,24?,28?/m0/s1. The molecule has 1 spiro atoms. The van der Waals surface area contributed by atoms with Crippen LogP contribution in [-0.4, -0.2) is 82.1 Å². The Kier molecular flexibility index (Phi) is 9.26. The van der Waals surface area contributed by atoms with Gasteiger partial charge >= 0.3 is 5.97 Å². The van der Waals surface area contributed by atoms with Crippen LogP contribution >= 0.6 is 27.7 Å². The van der Waals surface area contributed by atoms with Crippen molar-refractivity contribution >= 4 is 51.2 Å². The van der Waals surface area contributed by atoms with Crippen LogP contribution in [0.25, 0.3) is 0 Å². The number of anilines is 1. The molecule has 1 N–H and O–H groups in total. The molecule has 3 unspecified atom stereocenters. The molecule has 3 saturated heterocycles. The Morgan fingerprint density at radius 2 is 2.00 bits per heavy atom. The smallest absolute Gasteiger partial charge is 0.310 e. The summed E-state index contributed by atoms with van der Waals surface area (Å²) in [5.74, 6) is -1.40. The molecule has 6 atom stereocenters. The normalized spacial score (nSPS) is 29.2. The Morgan fingerprint density at radius 3 is 2.63 bits per heavy atom. The van der Waals surface area contributed by atoms with E-state index in [0.29, 0.717) is 43.7 Å². The minimum absolute atomic E-state index is 0.00219. The number of aliphatic hydroxyl groups is 1. The van der Waals surface area contributed by atoms with E-state index >= 15 is 0 Å². The second-order valence-corrected chi connectivity index (χ2v) is 12.5. The number of carbonyl (C=O) groups excluding carboxylic acids is 3. The van der Waals surface area contributed by atoms with Gasteiger partial charge in [-0.25, -0.2) is 0 Å². The Bertz CT molecular complexity index is 1070. The fraction of sp³-hybridized carbons (Fsp3) is 0.536. The third-order valence-corrected chi connectivity index (χ3v) is 10.9. The second-order valence-electron chi connectivity index (χ2n) is 9.81. The van der Waals surface area contributed by atoms with Crippen molar-refractivity contribution in [3.05, 3.63) is 49.6 Å². The van der Waals surface area contributed by atoms with Gasteiger partial charge in [-0.3, -0.25) is 14.4 Å². The quantitative estimate of drug-likeness (QED) is 0.159. The van der Waals surface area contributed by atoms with Crippen LogP contribution in [0.4, 0.5) is 5.69 Å². The number of ether oxygens (including phenoxy) is 2. The van der Waals surface area contributed by atoms with Crippen LogP contribution in [0, 0.1) is 11.8 Å². The van der Waals surface area contributed by atoms with E-state index in [0.717, 1.165) is 0 Å². The van der Waals surface area contributed by atoms with Crippen molar-refractivity contribution in [1.29, 1.82) is 0 Å². The first-order chi connectivity index (χ1) is 18.3. The number of hydrogen-bond acceptors (Lipinski definition) is 7. The molecule has 8 nitrogen and oxygen atoms in total. The van der Waals surface area contributed by atoms with Crippen molar-refractivity contribution in [2.24, 2.45) is 11.8 Å². The van der Waals surface area contributed by atoms with E-state index in [1.165, 1.54) is 0 Å². The van der Waals surface area contributed by atoms with E-state index in [2.05, 4.69) is 29.1 Å². The van der Waals surface area contributed by atoms with Gasteiger partial charge in [-0.2, -0.15) is 0 Å². The number of alkyl halides is 1. The van der Waals surface area contributed by atoms with E-state index in [1.54, 1.807) is 53.0 Å². The first-order valence-electron chi connectivity index (χ1n) is 12.9. The summed E-state index contributed by atoms with van der Waals surface area (Å²) in [4.78, 5) is 45.0. The highest BCUT2D eigenvalue weighted by molar-refractivity contribution is 9.09. The van der Waals surface area contributed by atoms with Gasteiger partial charge in [0.05, 0.1) is 30.3 Å². The number of esters is 1. The summed E-state index contributed by atoms with van der Waals surface area (Å²) in [6.45, 7) is 8.33. The van der Waals surface area contributed by atoms with Crippen LogP contribution in [0.2, 0.25) is 0 Å². The second kappa shape index (κ2) is 12.3. The maximum absolute atomic E-state index is 14.4. The fourth-order valence-corrected chi connectivity index (χ4v) is 9.61. The number of unbranched alkanes of at least 4 members (excludes halogenated alkanes) is 1. The summed E-state index contributed by atoms with van der Waals surface area (Å²) in [7, 11) is 1.58. The van der Waals surface area contributed by atoms with Gasteiger partial charge < -0.3 is 24.4 Å². The minimum atomic E-state index is -0.764. The maximum Gasteiger partial charge on any atom is 0.310 e. The molecule has 1 aromatic carbocycles. The number of amides is 2. The molecule has 1 aromatic rings. The molecular formula is C28H35BrN2O6S. The lowest BCUT2D eigenvalue weighted by Crippen LogP contribution is -2.55. The zero-order chi connectivity index (χ0) is 27.4. The molecule has 38 heavy (non-hydrogen) atoms. The Balaban J connectivity index is 1.73. The van der Waals surface area contributed by atoms with E-state index in [1.807, 2.05) is 12.1 Å². The fourth-order valence-electron chi connectivity index (χ4n) is 6.01. The van der Waals surface area contributed by atoms with Crippen LogP contribution < -0.4 is 9.64 Å². The van der Waals surface area contributed by atoms with Crippen LogP contribution in [0.5, 0.6) is 5.75 Å². The Labute approximate surface area is 236 Å². The number of methoxy groups -OCH3 is 1. The number of hydrogen-bond donors (Lipinski definition) is 1. The molecule has 10 heteroatoms. The Morgan fingerprint density at radius 1 is 1.26 bits per heavy atom. The third-order valence-electron chi connectivity index (χ3n) is 7.63. The van der Waals surface area contributed by atoms with Crippen LogP contribution in [0.1, 0.15) is 25.7 Å². The first-order valence-corrected chi connectivity index (χ1v) is 14.7. The molecule has 4 rings (SSSR count). The zero-order valence-corrected chi connectivity index (χ0v) is 24.0. The number of benzene rings is 1. The summed E-state index contributed by atoms with van der Waals surface area (Å²) < 4.78 is 10.1. The molecule has 3 aliphatic heterocycles. The lowest BCUT2D eigenvalue weighted by atomic mass is 9.71.